The Balaban J connectivity index is 1.86. The molecule has 1 aromatic carbocycles. The van der Waals surface area contributed by atoms with Gasteiger partial charge >= 0.3 is 0 Å². The number of sulfone groups is 1. The Morgan fingerprint density at radius 2 is 2.00 bits per heavy atom. The molecule has 1 fully saturated rings. The average molecular weight is 338 g/mol. The third-order valence-corrected chi connectivity index (χ3v) is 6.24. The van der Waals surface area contributed by atoms with Crippen LogP contribution >= 0.6 is 0 Å². The average Bonchev–Trinajstić information content (AvgIpc) is 2.87. The number of likely N-dealkylation sites (N-methyl/N-ethyl adjacent to an activating group) is 1. The Labute approximate surface area is 139 Å². The molecule has 128 valence electrons. The molecule has 0 aliphatic carbocycles. The molecule has 1 aliphatic heterocycles. The number of rotatable bonds is 6. The van der Waals surface area contributed by atoms with Gasteiger partial charge in [-0.2, -0.15) is 0 Å². The van der Waals surface area contributed by atoms with Crippen molar-refractivity contribution in [2.75, 3.05) is 25.1 Å². The zero-order valence-electron chi connectivity index (χ0n) is 14.1. The van der Waals surface area contributed by atoms with Gasteiger partial charge in [0.25, 0.3) is 0 Å². The summed E-state index contributed by atoms with van der Waals surface area (Å²) in [5.74, 6) is 0.304. The van der Waals surface area contributed by atoms with Crippen molar-refractivity contribution in [2.24, 2.45) is 0 Å². The lowest BCUT2D eigenvalue weighted by atomic mass is 10.0. The van der Waals surface area contributed by atoms with Crippen molar-refractivity contribution in [1.82, 2.24) is 10.2 Å². The zero-order chi connectivity index (χ0) is 17.0. The maximum Gasteiger partial charge on any atom is 0.234 e. The van der Waals surface area contributed by atoms with E-state index in [-0.39, 0.29) is 36.0 Å². The molecule has 23 heavy (non-hydrogen) atoms. The molecule has 0 spiro atoms. The number of benzene rings is 1. The van der Waals surface area contributed by atoms with Gasteiger partial charge in [0.05, 0.1) is 24.1 Å². The first-order valence-electron chi connectivity index (χ1n) is 8.09. The summed E-state index contributed by atoms with van der Waals surface area (Å²) in [4.78, 5) is 14.0. The molecule has 0 saturated carbocycles. The van der Waals surface area contributed by atoms with E-state index in [1.54, 1.807) is 0 Å². The third kappa shape index (κ3) is 5.04. The molecule has 1 aromatic rings. The van der Waals surface area contributed by atoms with Gasteiger partial charge in [-0.15, -0.1) is 0 Å². The van der Waals surface area contributed by atoms with E-state index in [1.807, 2.05) is 31.0 Å². The number of hydrogen-bond donors (Lipinski definition) is 1. The Hall–Kier alpha value is -1.40. The van der Waals surface area contributed by atoms with Crippen LogP contribution in [0.2, 0.25) is 0 Å². The van der Waals surface area contributed by atoms with E-state index in [1.165, 1.54) is 5.56 Å². The fraction of sp³-hybridized carbons (Fsp3) is 0.588. The van der Waals surface area contributed by atoms with E-state index in [2.05, 4.69) is 24.4 Å². The van der Waals surface area contributed by atoms with Gasteiger partial charge < -0.3 is 5.32 Å². The largest absolute Gasteiger partial charge is 0.348 e. The highest BCUT2D eigenvalue weighted by Gasteiger charge is 2.31. The van der Waals surface area contributed by atoms with Crippen LogP contribution in [0.4, 0.5) is 0 Å². The third-order valence-electron chi connectivity index (χ3n) is 4.49. The van der Waals surface area contributed by atoms with Crippen LogP contribution in [-0.4, -0.2) is 50.4 Å². The van der Waals surface area contributed by atoms with Crippen molar-refractivity contribution in [3.8, 4) is 0 Å². The monoisotopic (exact) mass is 338 g/mol. The highest BCUT2D eigenvalue weighted by atomic mass is 32.2. The van der Waals surface area contributed by atoms with E-state index in [0.29, 0.717) is 6.42 Å². The fourth-order valence-electron chi connectivity index (χ4n) is 2.89. The van der Waals surface area contributed by atoms with Crippen molar-refractivity contribution < 1.29 is 13.2 Å². The molecule has 1 heterocycles. The van der Waals surface area contributed by atoms with Crippen LogP contribution in [0.5, 0.6) is 0 Å². The van der Waals surface area contributed by atoms with Crippen LogP contribution in [0.15, 0.2) is 24.3 Å². The first-order chi connectivity index (χ1) is 10.8. The predicted molar refractivity (Wildman–Crippen MR) is 92.1 cm³/mol. The second kappa shape index (κ2) is 7.45. The van der Waals surface area contributed by atoms with Crippen molar-refractivity contribution in [3.63, 3.8) is 0 Å². The molecule has 1 amide bonds. The van der Waals surface area contributed by atoms with Gasteiger partial charge in [0.1, 0.15) is 0 Å². The molecule has 2 rings (SSSR count). The number of carbonyl (C=O) groups is 1. The standard InChI is InChI=1S/C17H26N2O3S/c1-4-14-5-7-15(8-6-14)13(2)18-17(20)11-19(3)16-9-10-23(21,22)12-16/h5-8,13,16H,4,9-12H2,1-3H3,(H,18,20). The quantitative estimate of drug-likeness (QED) is 0.854. The Morgan fingerprint density at radius 1 is 1.35 bits per heavy atom. The molecule has 0 radical (unpaired) electrons. The van der Waals surface area contributed by atoms with Gasteiger partial charge in [0, 0.05) is 6.04 Å². The highest BCUT2D eigenvalue weighted by Crippen LogP contribution is 2.17. The highest BCUT2D eigenvalue weighted by molar-refractivity contribution is 7.91. The maximum atomic E-state index is 12.2. The molecule has 1 saturated heterocycles. The topological polar surface area (TPSA) is 66.5 Å². The van der Waals surface area contributed by atoms with Crippen molar-refractivity contribution in [1.29, 1.82) is 0 Å². The molecule has 0 aromatic heterocycles. The molecule has 5 nitrogen and oxygen atoms in total. The zero-order valence-corrected chi connectivity index (χ0v) is 14.9. The van der Waals surface area contributed by atoms with E-state index in [0.717, 1.165) is 12.0 Å². The van der Waals surface area contributed by atoms with Gasteiger partial charge in [0.2, 0.25) is 5.91 Å². The molecule has 0 bridgehead atoms. The molecule has 2 atom stereocenters. The minimum absolute atomic E-state index is 0.0510. The number of aryl methyl sites for hydroxylation is 1. The Morgan fingerprint density at radius 3 is 2.52 bits per heavy atom. The minimum Gasteiger partial charge on any atom is -0.348 e. The molecule has 1 N–H and O–H groups in total. The fourth-order valence-corrected chi connectivity index (χ4v) is 4.70. The lowest BCUT2D eigenvalue weighted by Gasteiger charge is -2.23. The summed E-state index contributed by atoms with van der Waals surface area (Å²) in [6.07, 6.45) is 1.61. The minimum atomic E-state index is -2.92. The number of amides is 1. The smallest absolute Gasteiger partial charge is 0.234 e. The van der Waals surface area contributed by atoms with Crippen molar-refractivity contribution in [2.45, 2.75) is 38.8 Å². The first-order valence-corrected chi connectivity index (χ1v) is 9.91. The van der Waals surface area contributed by atoms with Crippen LogP contribution in [0, 0.1) is 0 Å². The van der Waals surface area contributed by atoms with E-state index in [4.69, 9.17) is 0 Å². The lowest BCUT2D eigenvalue weighted by Crippen LogP contribution is -2.41. The van der Waals surface area contributed by atoms with Crippen molar-refractivity contribution >= 4 is 15.7 Å². The second-order valence-corrected chi connectivity index (χ2v) is 8.59. The van der Waals surface area contributed by atoms with Crippen LogP contribution in [0.1, 0.15) is 37.4 Å². The van der Waals surface area contributed by atoms with Gasteiger partial charge in [-0.25, -0.2) is 8.42 Å². The summed E-state index contributed by atoms with van der Waals surface area (Å²) in [7, 11) is -1.11. The van der Waals surface area contributed by atoms with E-state index >= 15 is 0 Å². The van der Waals surface area contributed by atoms with Crippen LogP contribution in [-0.2, 0) is 21.1 Å². The molecular formula is C17H26N2O3S. The number of nitrogens with one attached hydrogen (secondary N) is 1. The molecule has 2 unspecified atom stereocenters. The van der Waals surface area contributed by atoms with Gasteiger partial charge in [-0.1, -0.05) is 31.2 Å². The Bertz CT molecular complexity index is 640. The summed E-state index contributed by atoms with van der Waals surface area (Å²) in [6.45, 7) is 4.29. The van der Waals surface area contributed by atoms with Crippen LogP contribution < -0.4 is 5.32 Å². The van der Waals surface area contributed by atoms with E-state index < -0.39 is 9.84 Å². The lowest BCUT2D eigenvalue weighted by molar-refractivity contribution is -0.123. The van der Waals surface area contributed by atoms with Crippen LogP contribution in [0.25, 0.3) is 0 Å². The predicted octanol–water partition coefficient (Wildman–Crippen LogP) is 1.55. The molecule has 1 aliphatic rings. The van der Waals surface area contributed by atoms with Gasteiger partial charge in [-0.3, -0.25) is 9.69 Å². The van der Waals surface area contributed by atoms with Gasteiger partial charge in [0.15, 0.2) is 9.84 Å². The molecule has 6 heteroatoms. The summed E-state index contributed by atoms with van der Waals surface area (Å²) in [5.41, 5.74) is 2.34. The van der Waals surface area contributed by atoms with Gasteiger partial charge in [-0.05, 0) is 37.9 Å². The normalized spacial score (nSPS) is 21.3. The van der Waals surface area contributed by atoms with Crippen molar-refractivity contribution in [3.05, 3.63) is 35.4 Å². The number of carbonyl (C=O) groups excluding carboxylic acids is 1. The SMILES string of the molecule is CCc1ccc(C(C)NC(=O)CN(C)C2CCS(=O)(=O)C2)cc1. The molecular weight excluding hydrogens is 312 g/mol. The van der Waals surface area contributed by atoms with Crippen LogP contribution in [0.3, 0.4) is 0 Å². The maximum absolute atomic E-state index is 12.2. The first kappa shape index (κ1) is 17.9. The summed E-state index contributed by atoms with van der Waals surface area (Å²) >= 11 is 0. The summed E-state index contributed by atoms with van der Waals surface area (Å²) in [6, 6.07) is 8.12. The van der Waals surface area contributed by atoms with E-state index in [9.17, 15) is 13.2 Å². The second-order valence-electron chi connectivity index (χ2n) is 6.36. The summed E-state index contributed by atoms with van der Waals surface area (Å²) < 4.78 is 23.0. The number of hydrogen-bond acceptors (Lipinski definition) is 4. The summed E-state index contributed by atoms with van der Waals surface area (Å²) in [5, 5.41) is 2.98. The Kier molecular flexibility index (Phi) is 5.81. The number of nitrogens with zero attached hydrogens (tertiary/aromatic N) is 1.